The average molecular weight is 284 g/mol. The van der Waals surface area contributed by atoms with Gasteiger partial charge in [0.05, 0.1) is 12.0 Å². The summed E-state index contributed by atoms with van der Waals surface area (Å²) in [5.41, 5.74) is 6.83. The molecular weight excluding hydrogens is 266 g/mol. The Morgan fingerprint density at radius 1 is 1.53 bits per heavy atom. The largest absolute Gasteiger partial charge is 0.375 e. The first-order valence-corrected chi connectivity index (χ1v) is 6.60. The summed E-state index contributed by atoms with van der Waals surface area (Å²) in [7, 11) is 1.62. The molecule has 1 aromatic rings. The van der Waals surface area contributed by atoms with E-state index >= 15 is 0 Å². The molecule has 0 saturated carbocycles. The number of hydrazine groups is 1. The first-order valence-electron chi connectivity index (χ1n) is 6.22. The van der Waals surface area contributed by atoms with Crippen molar-refractivity contribution < 1.29 is 9.53 Å². The van der Waals surface area contributed by atoms with Gasteiger partial charge in [-0.05, 0) is 17.7 Å². The molecule has 0 spiro atoms. The maximum Gasteiger partial charge on any atom is 0.225 e. The summed E-state index contributed by atoms with van der Waals surface area (Å²) < 4.78 is 5.40. The second kappa shape index (κ2) is 6.86. The van der Waals surface area contributed by atoms with Gasteiger partial charge in [0.15, 0.2) is 0 Å². The molecule has 1 saturated heterocycles. The van der Waals surface area contributed by atoms with Gasteiger partial charge in [0, 0.05) is 31.8 Å². The second-order valence-corrected chi connectivity index (χ2v) is 4.92. The summed E-state index contributed by atoms with van der Waals surface area (Å²) in [6.45, 7) is 1.74. The van der Waals surface area contributed by atoms with Crippen LogP contribution in [0.5, 0.6) is 0 Å². The van der Waals surface area contributed by atoms with Crippen molar-refractivity contribution in [2.24, 2.45) is 5.92 Å². The zero-order valence-corrected chi connectivity index (χ0v) is 11.5. The lowest BCUT2D eigenvalue weighted by molar-refractivity contribution is -0.124. The summed E-state index contributed by atoms with van der Waals surface area (Å²) in [4.78, 5) is 11.9. The van der Waals surface area contributed by atoms with Crippen LogP contribution in [-0.4, -0.2) is 32.7 Å². The van der Waals surface area contributed by atoms with E-state index in [1.165, 1.54) is 0 Å². The van der Waals surface area contributed by atoms with Crippen LogP contribution in [0.2, 0.25) is 5.02 Å². The molecule has 0 aromatic heterocycles. The standard InChI is InChI=1S/C13H18ClN3O2/c1-19-12(9-3-2-4-11(14)5-9)8-15-13(18)10-6-16-17-7-10/h2-5,10,12,16-17H,6-8H2,1H3,(H,15,18). The van der Waals surface area contributed by atoms with Crippen molar-refractivity contribution in [3.8, 4) is 0 Å². The van der Waals surface area contributed by atoms with Gasteiger partial charge in [-0.1, -0.05) is 23.7 Å². The lowest BCUT2D eigenvalue weighted by Gasteiger charge is -2.18. The van der Waals surface area contributed by atoms with E-state index in [9.17, 15) is 4.79 Å². The van der Waals surface area contributed by atoms with E-state index in [0.29, 0.717) is 24.7 Å². The fourth-order valence-corrected chi connectivity index (χ4v) is 2.23. The molecule has 1 unspecified atom stereocenters. The van der Waals surface area contributed by atoms with E-state index in [-0.39, 0.29) is 17.9 Å². The predicted molar refractivity (Wildman–Crippen MR) is 73.7 cm³/mol. The number of rotatable bonds is 5. The third kappa shape index (κ3) is 3.91. The van der Waals surface area contributed by atoms with Gasteiger partial charge in [-0.3, -0.25) is 15.6 Å². The van der Waals surface area contributed by atoms with E-state index in [1.807, 2.05) is 24.3 Å². The molecule has 19 heavy (non-hydrogen) atoms. The molecule has 1 heterocycles. The number of methoxy groups -OCH3 is 1. The lowest BCUT2D eigenvalue weighted by atomic mass is 10.1. The lowest BCUT2D eigenvalue weighted by Crippen LogP contribution is -2.36. The molecule has 2 rings (SSSR count). The summed E-state index contributed by atoms with van der Waals surface area (Å²) in [5, 5.41) is 3.57. The van der Waals surface area contributed by atoms with Crippen molar-refractivity contribution in [3.05, 3.63) is 34.9 Å². The fourth-order valence-electron chi connectivity index (χ4n) is 2.03. The van der Waals surface area contributed by atoms with Crippen LogP contribution in [0.1, 0.15) is 11.7 Å². The van der Waals surface area contributed by atoms with Crippen LogP contribution in [-0.2, 0) is 9.53 Å². The fraction of sp³-hybridized carbons (Fsp3) is 0.462. The molecule has 0 radical (unpaired) electrons. The Morgan fingerprint density at radius 3 is 2.89 bits per heavy atom. The molecule has 6 heteroatoms. The van der Waals surface area contributed by atoms with Crippen LogP contribution in [0.25, 0.3) is 0 Å². The Bertz CT molecular complexity index is 436. The topological polar surface area (TPSA) is 62.4 Å². The average Bonchev–Trinajstić information content (AvgIpc) is 2.93. The van der Waals surface area contributed by atoms with Crippen LogP contribution in [0, 0.1) is 5.92 Å². The molecule has 0 aliphatic carbocycles. The number of carbonyl (C=O) groups excluding carboxylic acids is 1. The van der Waals surface area contributed by atoms with Gasteiger partial charge in [0.1, 0.15) is 0 Å². The van der Waals surface area contributed by atoms with Crippen molar-refractivity contribution >= 4 is 17.5 Å². The van der Waals surface area contributed by atoms with Crippen molar-refractivity contribution in [3.63, 3.8) is 0 Å². The van der Waals surface area contributed by atoms with Crippen molar-refractivity contribution in [2.45, 2.75) is 6.10 Å². The van der Waals surface area contributed by atoms with E-state index < -0.39 is 0 Å². The minimum Gasteiger partial charge on any atom is -0.375 e. The third-order valence-electron chi connectivity index (χ3n) is 3.16. The molecule has 1 atom stereocenters. The Hall–Kier alpha value is -1.14. The van der Waals surface area contributed by atoms with Gasteiger partial charge in [0.2, 0.25) is 5.91 Å². The highest BCUT2D eigenvalue weighted by atomic mass is 35.5. The van der Waals surface area contributed by atoms with Crippen LogP contribution >= 0.6 is 11.6 Å². The molecular formula is C13H18ClN3O2. The van der Waals surface area contributed by atoms with E-state index in [4.69, 9.17) is 16.3 Å². The summed E-state index contributed by atoms with van der Waals surface area (Å²) in [5.74, 6) is -0.00144. The molecule has 1 fully saturated rings. The monoisotopic (exact) mass is 283 g/mol. The molecule has 1 amide bonds. The molecule has 1 aliphatic rings. The van der Waals surface area contributed by atoms with Crippen LogP contribution in [0.15, 0.2) is 24.3 Å². The molecule has 3 N–H and O–H groups in total. The first kappa shape index (κ1) is 14.3. The number of amides is 1. The molecule has 104 valence electrons. The normalized spacial score (nSPS) is 17.4. The predicted octanol–water partition coefficient (Wildman–Crippen LogP) is 0.868. The quantitative estimate of drug-likeness (QED) is 0.750. The van der Waals surface area contributed by atoms with Gasteiger partial charge in [-0.2, -0.15) is 0 Å². The van der Waals surface area contributed by atoms with Gasteiger partial charge in [-0.15, -0.1) is 0 Å². The van der Waals surface area contributed by atoms with Crippen molar-refractivity contribution in [2.75, 3.05) is 26.7 Å². The SMILES string of the molecule is COC(CNC(=O)C1CNNC1)c1cccc(Cl)c1. The van der Waals surface area contributed by atoms with Gasteiger partial charge in [0.25, 0.3) is 0 Å². The highest BCUT2D eigenvalue weighted by molar-refractivity contribution is 6.30. The number of carbonyl (C=O) groups is 1. The smallest absolute Gasteiger partial charge is 0.225 e. The summed E-state index contributed by atoms with van der Waals surface area (Å²) in [6.07, 6.45) is -0.190. The minimum atomic E-state index is -0.190. The molecule has 5 nitrogen and oxygen atoms in total. The van der Waals surface area contributed by atoms with Crippen molar-refractivity contribution in [1.82, 2.24) is 16.2 Å². The van der Waals surface area contributed by atoms with Crippen LogP contribution in [0.4, 0.5) is 0 Å². The Labute approximate surface area is 117 Å². The molecule has 1 aromatic carbocycles. The van der Waals surface area contributed by atoms with E-state index in [0.717, 1.165) is 5.56 Å². The van der Waals surface area contributed by atoms with Gasteiger partial charge >= 0.3 is 0 Å². The number of ether oxygens (including phenoxy) is 1. The number of halogens is 1. The zero-order valence-electron chi connectivity index (χ0n) is 10.8. The van der Waals surface area contributed by atoms with Crippen LogP contribution < -0.4 is 16.2 Å². The second-order valence-electron chi connectivity index (χ2n) is 4.48. The Morgan fingerprint density at radius 2 is 2.26 bits per heavy atom. The van der Waals surface area contributed by atoms with Gasteiger partial charge < -0.3 is 10.1 Å². The number of hydrogen-bond acceptors (Lipinski definition) is 4. The van der Waals surface area contributed by atoms with Crippen LogP contribution in [0.3, 0.4) is 0 Å². The highest BCUT2D eigenvalue weighted by Crippen LogP contribution is 2.19. The van der Waals surface area contributed by atoms with E-state index in [1.54, 1.807) is 7.11 Å². The summed E-state index contributed by atoms with van der Waals surface area (Å²) >= 11 is 5.95. The van der Waals surface area contributed by atoms with Gasteiger partial charge in [-0.25, -0.2) is 0 Å². The summed E-state index contributed by atoms with van der Waals surface area (Å²) in [6, 6.07) is 7.47. The minimum absolute atomic E-state index is 0.0292. The third-order valence-corrected chi connectivity index (χ3v) is 3.39. The first-order chi connectivity index (χ1) is 9.20. The number of nitrogens with one attached hydrogen (secondary N) is 3. The van der Waals surface area contributed by atoms with E-state index in [2.05, 4.69) is 16.2 Å². The number of hydrogen-bond donors (Lipinski definition) is 3. The molecule has 1 aliphatic heterocycles. The van der Waals surface area contributed by atoms with Crippen molar-refractivity contribution in [1.29, 1.82) is 0 Å². The Kier molecular flexibility index (Phi) is 5.15. The molecule has 0 bridgehead atoms. The Balaban J connectivity index is 1.90. The zero-order chi connectivity index (χ0) is 13.7. The maximum absolute atomic E-state index is 11.9. The maximum atomic E-state index is 11.9. The number of benzene rings is 1. The highest BCUT2D eigenvalue weighted by Gasteiger charge is 2.23.